The van der Waals surface area contributed by atoms with Gasteiger partial charge < -0.3 is 10.5 Å². The molecule has 0 aliphatic heterocycles. The molecule has 0 saturated carbocycles. The Bertz CT molecular complexity index is 573. The van der Waals surface area contributed by atoms with Gasteiger partial charge in [-0.1, -0.05) is 31.3 Å². The maximum absolute atomic E-state index is 12.4. The van der Waals surface area contributed by atoms with Crippen LogP contribution in [0.2, 0.25) is 0 Å². The topological polar surface area (TPSA) is 72.6 Å². The van der Waals surface area contributed by atoms with E-state index in [9.17, 15) is 8.42 Å². The molecule has 1 rings (SSSR count). The molecular formula is C13H20N2O3S2. The van der Waals surface area contributed by atoms with Crippen LogP contribution in [-0.4, -0.2) is 37.1 Å². The molecule has 20 heavy (non-hydrogen) atoms. The second-order valence-electron chi connectivity index (χ2n) is 4.45. The standard InChI is InChI=1S/C13H20N2O3S2/c1-4-12(13(14)19)20(16,17)15(2)9-10-6-5-7-11(8-10)18-3/h5-8,12H,4,9H2,1-3H3,(H2,14,19). The Morgan fingerprint density at radius 3 is 2.65 bits per heavy atom. The molecule has 1 aromatic carbocycles. The molecule has 1 atom stereocenters. The zero-order chi connectivity index (χ0) is 15.3. The molecule has 0 aliphatic carbocycles. The lowest BCUT2D eigenvalue weighted by Gasteiger charge is -2.23. The number of thiocarbonyl (C=S) groups is 1. The Balaban J connectivity index is 2.94. The lowest BCUT2D eigenvalue weighted by Crippen LogP contribution is -2.42. The first-order chi connectivity index (χ1) is 9.32. The highest BCUT2D eigenvalue weighted by molar-refractivity contribution is 7.92. The van der Waals surface area contributed by atoms with E-state index in [4.69, 9.17) is 22.7 Å². The van der Waals surface area contributed by atoms with Crippen molar-refractivity contribution in [1.82, 2.24) is 4.31 Å². The van der Waals surface area contributed by atoms with Crippen LogP contribution < -0.4 is 10.5 Å². The van der Waals surface area contributed by atoms with E-state index in [1.807, 2.05) is 18.2 Å². The number of sulfonamides is 1. The predicted octanol–water partition coefficient (Wildman–Crippen LogP) is 1.52. The summed E-state index contributed by atoms with van der Waals surface area (Å²) in [6.07, 6.45) is 0.361. The van der Waals surface area contributed by atoms with Crippen LogP contribution in [0.25, 0.3) is 0 Å². The first-order valence-electron chi connectivity index (χ1n) is 6.20. The average Bonchev–Trinajstić information content (AvgIpc) is 2.38. The highest BCUT2D eigenvalue weighted by Crippen LogP contribution is 2.18. The zero-order valence-electron chi connectivity index (χ0n) is 11.9. The van der Waals surface area contributed by atoms with Crippen LogP contribution in [0.5, 0.6) is 5.75 Å². The van der Waals surface area contributed by atoms with Gasteiger partial charge in [-0.15, -0.1) is 0 Å². The van der Waals surface area contributed by atoms with Gasteiger partial charge in [-0.25, -0.2) is 8.42 Å². The smallest absolute Gasteiger partial charge is 0.223 e. The molecule has 2 N–H and O–H groups in total. The minimum Gasteiger partial charge on any atom is -0.497 e. The summed E-state index contributed by atoms with van der Waals surface area (Å²) in [7, 11) is -0.449. The Kier molecular flexibility index (Phi) is 5.91. The van der Waals surface area contributed by atoms with Gasteiger partial charge in [0.25, 0.3) is 0 Å². The number of nitrogens with zero attached hydrogens (tertiary/aromatic N) is 1. The van der Waals surface area contributed by atoms with Gasteiger partial charge in [-0.05, 0) is 24.1 Å². The second kappa shape index (κ2) is 7.01. The quantitative estimate of drug-likeness (QED) is 0.772. The molecule has 1 aromatic rings. The van der Waals surface area contributed by atoms with Crippen LogP contribution in [0.4, 0.5) is 0 Å². The third-order valence-electron chi connectivity index (χ3n) is 3.02. The largest absolute Gasteiger partial charge is 0.497 e. The minimum atomic E-state index is -3.54. The van der Waals surface area contributed by atoms with E-state index in [1.54, 1.807) is 20.1 Å². The molecule has 0 spiro atoms. The number of nitrogens with two attached hydrogens (primary N) is 1. The van der Waals surface area contributed by atoms with Gasteiger partial charge in [0.15, 0.2) is 0 Å². The van der Waals surface area contributed by atoms with Crippen molar-refractivity contribution >= 4 is 27.2 Å². The number of hydrogen-bond acceptors (Lipinski definition) is 4. The Morgan fingerprint density at radius 2 is 2.15 bits per heavy atom. The van der Waals surface area contributed by atoms with Crippen LogP contribution >= 0.6 is 12.2 Å². The van der Waals surface area contributed by atoms with Crippen molar-refractivity contribution in [3.63, 3.8) is 0 Å². The van der Waals surface area contributed by atoms with Crippen molar-refractivity contribution in [1.29, 1.82) is 0 Å². The van der Waals surface area contributed by atoms with Crippen LogP contribution in [0.15, 0.2) is 24.3 Å². The summed E-state index contributed by atoms with van der Waals surface area (Å²) in [4.78, 5) is 0.00462. The molecule has 0 amide bonds. The van der Waals surface area contributed by atoms with Crippen molar-refractivity contribution in [2.75, 3.05) is 14.2 Å². The summed E-state index contributed by atoms with van der Waals surface area (Å²) in [6.45, 7) is 2.00. The van der Waals surface area contributed by atoms with E-state index in [1.165, 1.54) is 11.4 Å². The lowest BCUT2D eigenvalue weighted by atomic mass is 10.2. The zero-order valence-corrected chi connectivity index (χ0v) is 13.5. The highest BCUT2D eigenvalue weighted by atomic mass is 32.2. The molecule has 0 heterocycles. The van der Waals surface area contributed by atoms with Gasteiger partial charge in [-0.3, -0.25) is 0 Å². The van der Waals surface area contributed by atoms with Crippen LogP contribution in [0, 0.1) is 0 Å². The Morgan fingerprint density at radius 1 is 1.50 bits per heavy atom. The van der Waals surface area contributed by atoms with Crippen molar-refractivity contribution < 1.29 is 13.2 Å². The average molecular weight is 316 g/mol. The first-order valence-corrected chi connectivity index (χ1v) is 8.11. The minimum absolute atomic E-state index is 0.00462. The third kappa shape index (κ3) is 3.91. The molecule has 7 heteroatoms. The number of ether oxygens (including phenoxy) is 1. The van der Waals surface area contributed by atoms with Crippen molar-refractivity contribution in [2.45, 2.75) is 25.1 Å². The Hall–Kier alpha value is -1.18. The van der Waals surface area contributed by atoms with Crippen LogP contribution in [0.1, 0.15) is 18.9 Å². The molecule has 0 radical (unpaired) electrons. The summed E-state index contributed by atoms with van der Waals surface area (Å²) in [5.74, 6) is 0.690. The van der Waals surface area contributed by atoms with Crippen LogP contribution in [0.3, 0.4) is 0 Å². The SMILES string of the molecule is CCC(C(N)=S)S(=O)(=O)N(C)Cc1cccc(OC)c1. The highest BCUT2D eigenvalue weighted by Gasteiger charge is 2.30. The lowest BCUT2D eigenvalue weighted by molar-refractivity contribution is 0.412. The van der Waals surface area contributed by atoms with Crippen molar-refractivity contribution in [3.8, 4) is 5.75 Å². The molecule has 0 saturated heterocycles. The molecule has 5 nitrogen and oxygen atoms in total. The molecule has 0 aromatic heterocycles. The fourth-order valence-electron chi connectivity index (χ4n) is 1.89. The van der Waals surface area contributed by atoms with Crippen molar-refractivity contribution in [2.24, 2.45) is 5.73 Å². The molecule has 0 aliphatic rings. The maximum Gasteiger partial charge on any atom is 0.223 e. The molecule has 112 valence electrons. The van der Waals surface area contributed by atoms with E-state index < -0.39 is 15.3 Å². The molecule has 0 bridgehead atoms. The molecule has 0 fully saturated rings. The summed E-state index contributed by atoms with van der Waals surface area (Å²) < 4.78 is 31.2. The molecular weight excluding hydrogens is 296 g/mol. The van der Waals surface area contributed by atoms with Gasteiger partial charge in [-0.2, -0.15) is 4.31 Å². The van der Waals surface area contributed by atoms with E-state index >= 15 is 0 Å². The van der Waals surface area contributed by atoms with Gasteiger partial charge in [0.1, 0.15) is 11.0 Å². The predicted molar refractivity (Wildman–Crippen MR) is 84.2 cm³/mol. The maximum atomic E-state index is 12.4. The second-order valence-corrected chi connectivity index (χ2v) is 7.15. The first kappa shape index (κ1) is 16.9. The van der Waals surface area contributed by atoms with Gasteiger partial charge in [0, 0.05) is 13.6 Å². The monoisotopic (exact) mass is 316 g/mol. The van der Waals surface area contributed by atoms with E-state index in [2.05, 4.69) is 0 Å². The summed E-state index contributed by atoms with van der Waals surface area (Å²) in [5, 5.41) is -0.826. The summed E-state index contributed by atoms with van der Waals surface area (Å²) in [6, 6.07) is 7.27. The van der Waals surface area contributed by atoms with E-state index in [0.717, 1.165) is 5.56 Å². The number of benzene rings is 1. The summed E-state index contributed by atoms with van der Waals surface area (Å²) in [5.41, 5.74) is 6.36. The van der Waals surface area contributed by atoms with E-state index in [0.29, 0.717) is 12.2 Å². The fourth-order valence-corrected chi connectivity index (χ4v) is 3.90. The number of methoxy groups -OCH3 is 1. The number of hydrogen-bond donors (Lipinski definition) is 1. The van der Waals surface area contributed by atoms with Gasteiger partial charge in [0.2, 0.25) is 10.0 Å². The van der Waals surface area contributed by atoms with Gasteiger partial charge in [0.05, 0.1) is 12.1 Å². The Labute approximate surface area is 125 Å². The normalized spacial score (nSPS) is 13.2. The van der Waals surface area contributed by atoms with Gasteiger partial charge >= 0.3 is 0 Å². The van der Waals surface area contributed by atoms with Crippen molar-refractivity contribution in [3.05, 3.63) is 29.8 Å². The fraction of sp³-hybridized carbons (Fsp3) is 0.462. The molecule has 1 unspecified atom stereocenters. The van der Waals surface area contributed by atoms with E-state index in [-0.39, 0.29) is 11.5 Å². The summed E-state index contributed by atoms with van der Waals surface area (Å²) >= 11 is 4.84. The van der Waals surface area contributed by atoms with Crippen LogP contribution in [-0.2, 0) is 16.6 Å². The number of rotatable bonds is 7. The third-order valence-corrected chi connectivity index (χ3v) is 5.76.